The van der Waals surface area contributed by atoms with E-state index in [9.17, 15) is 9.90 Å². The third-order valence-corrected chi connectivity index (χ3v) is 6.60. The number of aromatic nitrogens is 2. The van der Waals surface area contributed by atoms with Gasteiger partial charge in [-0.3, -0.25) is 4.79 Å². The number of hydrazine groups is 1. The third kappa shape index (κ3) is 3.24. The first-order chi connectivity index (χ1) is 14.2. The lowest BCUT2D eigenvalue weighted by atomic mass is 9.90. The molecule has 2 atom stereocenters. The van der Waals surface area contributed by atoms with Gasteiger partial charge in [-0.2, -0.15) is 5.10 Å². The molecular formula is C22H29N5O3. The molecule has 2 aromatic rings. The van der Waals surface area contributed by atoms with Crippen molar-refractivity contribution in [1.82, 2.24) is 15.2 Å². The van der Waals surface area contributed by atoms with Crippen LogP contribution in [0.1, 0.15) is 50.9 Å². The summed E-state index contributed by atoms with van der Waals surface area (Å²) >= 11 is 0. The van der Waals surface area contributed by atoms with E-state index in [1.54, 1.807) is 7.05 Å². The number of anilines is 2. The van der Waals surface area contributed by atoms with E-state index in [1.807, 2.05) is 43.0 Å². The van der Waals surface area contributed by atoms with E-state index < -0.39 is 6.10 Å². The van der Waals surface area contributed by atoms with Crippen LogP contribution < -0.4 is 26.0 Å². The van der Waals surface area contributed by atoms with Crippen molar-refractivity contribution in [3.05, 3.63) is 45.9 Å². The van der Waals surface area contributed by atoms with Gasteiger partial charge < -0.3 is 20.2 Å². The van der Waals surface area contributed by atoms with Crippen LogP contribution in [0, 0.1) is 5.41 Å². The fourth-order valence-electron chi connectivity index (χ4n) is 4.26. The highest BCUT2D eigenvalue weighted by atomic mass is 16.5. The van der Waals surface area contributed by atoms with Crippen LogP contribution >= 0.6 is 0 Å². The van der Waals surface area contributed by atoms with Crippen molar-refractivity contribution in [1.29, 1.82) is 0 Å². The highest BCUT2D eigenvalue weighted by Crippen LogP contribution is 2.42. The highest BCUT2D eigenvalue weighted by molar-refractivity contribution is 5.61. The Morgan fingerprint density at radius 3 is 2.67 bits per heavy atom. The molecule has 1 saturated heterocycles. The van der Waals surface area contributed by atoms with Crippen molar-refractivity contribution in [2.45, 2.75) is 51.4 Å². The van der Waals surface area contributed by atoms with Crippen LogP contribution in [0.3, 0.4) is 0 Å². The Labute approximate surface area is 175 Å². The van der Waals surface area contributed by atoms with Crippen molar-refractivity contribution in [3.8, 4) is 5.75 Å². The molecule has 3 aliphatic rings. The van der Waals surface area contributed by atoms with E-state index in [0.717, 1.165) is 35.5 Å². The molecule has 0 amide bonds. The number of rotatable bonds is 4. The number of nitrogens with zero attached hydrogens (tertiary/aromatic N) is 3. The number of nitrogens with one attached hydrogen (secondary N) is 2. The molecule has 3 N–H and O–H groups in total. The molecule has 30 heavy (non-hydrogen) atoms. The Morgan fingerprint density at radius 2 is 2.00 bits per heavy atom. The van der Waals surface area contributed by atoms with E-state index in [4.69, 9.17) is 4.74 Å². The van der Waals surface area contributed by atoms with Crippen LogP contribution in [-0.2, 0) is 7.05 Å². The Balaban J connectivity index is 1.50. The Morgan fingerprint density at radius 1 is 1.23 bits per heavy atom. The fourth-order valence-corrected chi connectivity index (χ4v) is 4.26. The largest absolute Gasteiger partial charge is 0.488 e. The van der Waals surface area contributed by atoms with E-state index in [-0.39, 0.29) is 22.6 Å². The van der Waals surface area contributed by atoms with Gasteiger partial charge in [0, 0.05) is 31.1 Å². The SMILES string of the molecule is Cn1nc(C2NNc3ccc(OC4(C)CC4)cc32)cc(N2C[C@H](O)C(C)(C)C2)c1=O. The van der Waals surface area contributed by atoms with Gasteiger partial charge in [0.15, 0.2) is 0 Å². The zero-order valence-electron chi connectivity index (χ0n) is 17.9. The molecule has 0 spiro atoms. The number of ether oxygens (including phenoxy) is 1. The number of aliphatic hydroxyl groups is 1. The number of aryl methyl sites for hydroxylation is 1. The summed E-state index contributed by atoms with van der Waals surface area (Å²) in [5.41, 5.74) is 9.35. The lowest BCUT2D eigenvalue weighted by molar-refractivity contribution is 0.0964. The molecule has 8 heteroatoms. The van der Waals surface area contributed by atoms with Crippen LogP contribution in [0.2, 0.25) is 0 Å². The van der Waals surface area contributed by atoms with Crippen molar-refractivity contribution in [2.75, 3.05) is 23.4 Å². The minimum absolute atomic E-state index is 0.0470. The first-order valence-corrected chi connectivity index (χ1v) is 10.5. The summed E-state index contributed by atoms with van der Waals surface area (Å²) in [5.74, 6) is 0.846. The molecule has 2 aliphatic heterocycles. The molecule has 2 fully saturated rings. The molecular weight excluding hydrogens is 382 g/mol. The summed E-state index contributed by atoms with van der Waals surface area (Å²) in [6.07, 6.45) is 1.68. The van der Waals surface area contributed by atoms with Gasteiger partial charge in [0.25, 0.3) is 5.56 Å². The van der Waals surface area contributed by atoms with Crippen LogP contribution in [0.4, 0.5) is 11.4 Å². The van der Waals surface area contributed by atoms with Gasteiger partial charge >= 0.3 is 0 Å². The monoisotopic (exact) mass is 411 g/mol. The maximum absolute atomic E-state index is 12.8. The lowest BCUT2D eigenvalue weighted by Gasteiger charge is -2.22. The molecule has 0 radical (unpaired) electrons. The van der Waals surface area contributed by atoms with E-state index in [1.165, 1.54) is 4.68 Å². The number of benzene rings is 1. The maximum Gasteiger partial charge on any atom is 0.290 e. The number of aliphatic hydroxyl groups excluding tert-OH is 1. The second kappa shape index (κ2) is 6.46. The molecule has 8 nitrogen and oxygen atoms in total. The average Bonchev–Trinajstić information content (AvgIpc) is 3.14. The normalized spacial score (nSPS) is 25.7. The zero-order chi connectivity index (χ0) is 21.3. The summed E-state index contributed by atoms with van der Waals surface area (Å²) in [5, 5.41) is 14.9. The maximum atomic E-state index is 12.8. The lowest BCUT2D eigenvalue weighted by Crippen LogP contribution is -2.34. The summed E-state index contributed by atoms with van der Waals surface area (Å²) in [6.45, 7) is 7.22. The summed E-state index contributed by atoms with van der Waals surface area (Å²) in [7, 11) is 1.67. The molecule has 1 unspecified atom stereocenters. The minimum atomic E-state index is -0.477. The van der Waals surface area contributed by atoms with Gasteiger partial charge in [-0.05, 0) is 44.0 Å². The number of hydrogen-bond donors (Lipinski definition) is 3. The predicted molar refractivity (Wildman–Crippen MR) is 115 cm³/mol. The molecule has 0 bridgehead atoms. The Bertz CT molecular complexity index is 1060. The second-order valence-corrected chi connectivity index (χ2v) is 9.77. The molecule has 1 aromatic heterocycles. The second-order valence-electron chi connectivity index (χ2n) is 9.77. The number of fused-ring (bicyclic) bond motifs is 1. The van der Waals surface area contributed by atoms with Crippen molar-refractivity contribution >= 4 is 11.4 Å². The standard InChI is InChI=1S/C22H29N5O3/c1-21(2)12-27(11-18(21)28)17-10-16(25-26(4)20(17)29)19-14-9-13(30-22(3)7-8-22)5-6-15(14)23-24-19/h5-6,9-10,18-19,23-24,28H,7-8,11-12H2,1-4H3/t18-,19?/m0/s1. The van der Waals surface area contributed by atoms with Gasteiger partial charge in [-0.15, -0.1) is 0 Å². The predicted octanol–water partition coefficient (Wildman–Crippen LogP) is 1.94. The van der Waals surface area contributed by atoms with Gasteiger partial charge in [0.2, 0.25) is 0 Å². The molecule has 5 rings (SSSR count). The number of hydrogen-bond acceptors (Lipinski definition) is 7. The highest BCUT2D eigenvalue weighted by Gasteiger charge is 2.41. The third-order valence-electron chi connectivity index (χ3n) is 6.60. The number of β-amino-alcohol motifs (C(OH)–C–C–N with tert-alkyl or cyclic N) is 1. The molecule has 1 aliphatic carbocycles. The van der Waals surface area contributed by atoms with E-state index in [2.05, 4.69) is 22.9 Å². The van der Waals surface area contributed by atoms with Gasteiger partial charge in [-0.1, -0.05) is 13.8 Å². The Kier molecular flexibility index (Phi) is 4.17. The summed E-state index contributed by atoms with van der Waals surface area (Å²) < 4.78 is 7.52. The topological polar surface area (TPSA) is 91.7 Å². The van der Waals surface area contributed by atoms with E-state index in [0.29, 0.717) is 18.8 Å². The summed E-state index contributed by atoms with van der Waals surface area (Å²) in [4.78, 5) is 14.8. The smallest absolute Gasteiger partial charge is 0.290 e. The fraction of sp³-hybridized carbons (Fsp3) is 0.545. The van der Waals surface area contributed by atoms with Gasteiger partial charge in [0.1, 0.15) is 17.0 Å². The van der Waals surface area contributed by atoms with Crippen LogP contribution in [-0.4, -0.2) is 39.7 Å². The van der Waals surface area contributed by atoms with E-state index >= 15 is 0 Å². The van der Waals surface area contributed by atoms with Crippen LogP contribution in [0.25, 0.3) is 0 Å². The van der Waals surface area contributed by atoms with Crippen molar-refractivity contribution in [3.63, 3.8) is 0 Å². The first-order valence-electron chi connectivity index (χ1n) is 10.5. The zero-order valence-corrected chi connectivity index (χ0v) is 17.9. The summed E-state index contributed by atoms with van der Waals surface area (Å²) in [6, 6.07) is 7.67. The molecule has 1 aromatic carbocycles. The van der Waals surface area contributed by atoms with Crippen LogP contribution in [0.15, 0.2) is 29.1 Å². The average molecular weight is 412 g/mol. The van der Waals surface area contributed by atoms with Gasteiger partial charge in [-0.25, -0.2) is 10.1 Å². The molecule has 160 valence electrons. The van der Waals surface area contributed by atoms with Gasteiger partial charge in [0.05, 0.1) is 23.5 Å². The quantitative estimate of drug-likeness (QED) is 0.708. The van der Waals surface area contributed by atoms with Crippen molar-refractivity contribution in [2.24, 2.45) is 12.5 Å². The van der Waals surface area contributed by atoms with Crippen molar-refractivity contribution < 1.29 is 9.84 Å². The molecule has 1 saturated carbocycles. The Hall–Kier alpha value is -2.58. The molecule has 3 heterocycles. The minimum Gasteiger partial charge on any atom is -0.488 e. The first kappa shape index (κ1) is 19.4. The van der Waals surface area contributed by atoms with Crippen LogP contribution in [0.5, 0.6) is 5.75 Å².